The van der Waals surface area contributed by atoms with E-state index in [1.54, 1.807) is 12.2 Å². The third kappa shape index (κ3) is 1.14. The van der Waals surface area contributed by atoms with Gasteiger partial charge in [0.2, 0.25) is 0 Å². The molecule has 1 unspecified atom stereocenters. The molecule has 1 atom stereocenters. The number of nitrogens with one attached hydrogen (secondary N) is 1. The van der Waals surface area contributed by atoms with Crippen LogP contribution in [-0.2, 0) is 0 Å². The zero-order valence-corrected chi connectivity index (χ0v) is 3.85. The number of hydrogen-bond acceptors (Lipinski definition) is 1. The predicted molar refractivity (Wildman–Crippen MR) is 26.1 cm³/mol. The van der Waals surface area contributed by atoms with Gasteiger partial charge in [-0.15, -0.1) is 0 Å². The van der Waals surface area contributed by atoms with Gasteiger partial charge in [0.1, 0.15) is 6.54 Å². The van der Waals surface area contributed by atoms with E-state index < -0.39 is 0 Å². The first-order valence-electron chi connectivity index (χ1n) is 2.17. The Bertz CT molecular complexity index is 107. The molecule has 37 valence electrons. The standard InChI is InChI=1S/C5H6NO/c7-6-4-2-1-3-5-6/h2-4,6H,5H2. The Morgan fingerprint density at radius 1 is 1.71 bits per heavy atom. The Kier molecular flexibility index (Phi) is 1.24. The molecule has 1 heterocycles. The van der Waals surface area contributed by atoms with Gasteiger partial charge in [-0.2, -0.15) is 0 Å². The van der Waals surface area contributed by atoms with E-state index in [9.17, 15) is 5.21 Å². The molecular formula is C5H6NO. The summed E-state index contributed by atoms with van der Waals surface area (Å²) in [6.45, 7) is 0.524. The van der Waals surface area contributed by atoms with Crippen LogP contribution in [0.15, 0.2) is 18.4 Å². The van der Waals surface area contributed by atoms with Gasteiger partial charge in [-0.1, -0.05) is 0 Å². The molecule has 1 N–H and O–H groups in total. The normalized spacial score (nSPS) is 28.4. The van der Waals surface area contributed by atoms with Crippen molar-refractivity contribution in [2.45, 2.75) is 0 Å². The molecule has 7 heavy (non-hydrogen) atoms. The lowest BCUT2D eigenvalue weighted by molar-refractivity contribution is -0.784. The van der Waals surface area contributed by atoms with Crippen LogP contribution in [0.5, 0.6) is 0 Å². The number of quaternary nitrogens is 1. The second-order valence-electron chi connectivity index (χ2n) is 1.37. The van der Waals surface area contributed by atoms with E-state index in [1.807, 2.05) is 0 Å². The van der Waals surface area contributed by atoms with Gasteiger partial charge < -0.3 is 10.3 Å². The van der Waals surface area contributed by atoms with Gasteiger partial charge in [-0.3, -0.25) is 0 Å². The smallest absolute Gasteiger partial charge is 0.101 e. The van der Waals surface area contributed by atoms with E-state index in [2.05, 4.69) is 6.08 Å². The van der Waals surface area contributed by atoms with Crippen molar-refractivity contribution in [2.75, 3.05) is 6.54 Å². The lowest BCUT2D eigenvalue weighted by Crippen LogP contribution is -3.02. The Labute approximate surface area is 42.3 Å². The Balaban J connectivity index is 2.49. The monoisotopic (exact) mass is 96.0 g/mol. The number of rotatable bonds is 0. The van der Waals surface area contributed by atoms with Crippen molar-refractivity contribution in [1.82, 2.24) is 0 Å². The zero-order valence-electron chi connectivity index (χ0n) is 3.85. The molecule has 0 bridgehead atoms. The highest BCUT2D eigenvalue weighted by molar-refractivity contribution is 4.94. The van der Waals surface area contributed by atoms with Crippen LogP contribution in [0.3, 0.4) is 0 Å². The van der Waals surface area contributed by atoms with Crippen molar-refractivity contribution < 1.29 is 5.06 Å². The fourth-order valence-electron chi connectivity index (χ4n) is 0.437. The fraction of sp³-hybridized carbons (Fsp3) is 0.200. The van der Waals surface area contributed by atoms with Gasteiger partial charge in [0, 0.05) is 0 Å². The van der Waals surface area contributed by atoms with Crippen LogP contribution in [0.2, 0.25) is 0 Å². The molecule has 0 amide bonds. The lowest BCUT2D eigenvalue weighted by Gasteiger charge is -2.15. The van der Waals surface area contributed by atoms with Gasteiger partial charge in [-0.25, -0.2) is 0 Å². The summed E-state index contributed by atoms with van der Waals surface area (Å²) in [5.74, 6) is 0. The first-order chi connectivity index (χ1) is 3.39. The first kappa shape index (κ1) is 4.56. The second-order valence-corrected chi connectivity index (χ2v) is 1.37. The number of allylic oxidation sites excluding steroid dienone is 2. The van der Waals surface area contributed by atoms with E-state index >= 15 is 0 Å². The molecule has 0 spiro atoms. The summed E-state index contributed by atoms with van der Waals surface area (Å²) in [6, 6.07) is 0. The Morgan fingerprint density at radius 3 is 2.86 bits per heavy atom. The zero-order chi connectivity index (χ0) is 5.11. The molecule has 1 rings (SSSR count). The molecule has 0 fully saturated rings. The highest BCUT2D eigenvalue weighted by Crippen LogP contribution is 1.72. The molecule has 0 saturated heterocycles. The third-order valence-corrected chi connectivity index (χ3v) is 0.787. The molecule has 0 saturated carbocycles. The quantitative estimate of drug-likeness (QED) is 0.395. The summed E-state index contributed by atoms with van der Waals surface area (Å²) in [6.07, 6.45) is 7.67. The van der Waals surface area contributed by atoms with Crippen LogP contribution in [-0.4, -0.2) is 6.54 Å². The summed E-state index contributed by atoms with van der Waals surface area (Å²) >= 11 is 0. The average molecular weight is 96.1 g/mol. The van der Waals surface area contributed by atoms with E-state index in [0.717, 1.165) is 0 Å². The Morgan fingerprint density at radius 2 is 2.57 bits per heavy atom. The molecular weight excluding hydrogens is 90.1 g/mol. The minimum absolute atomic E-state index is 0.166. The first-order valence-corrected chi connectivity index (χ1v) is 2.17. The van der Waals surface area contributed by atoms with Crippen LogP contribution in [0.25, 0.3) is 0 Å². The summed E-state index contributed by atoms with van der Waals surface area (Å²) in [7, 11) is 0. The number of hydroxylamine groups is 2. The third-order valence-electron chi connectivity index (χ3n) is 0.787. The molecule has 0 aromatic carbocycles. The summed E-state index contributed by atoms with van der Waals surface area (Å²) in [4.78, 5) is 0. The summed E-state index contributed by atoms with van der Waals surface area (Å²) in [5, 5.41) is 10.5. The fourth-order valence-corrected chi connectivity index (χ4v) is 0.437. The largest absolute Gasteiger partial charge is 0.629 e. The second kappa shape index (κ2) is 1.91. The molecule has 2 nitrogen and oxygen atoms in total. The van der Waals surface area contributed by atoms with Crippen LogP contribution in [0.1, 0.15) is 0 Å². The van der Waals surface area contributed by atoms with Crippen molar-refractivity contribution in [3.8, 4) is 0 Å². The van der Waals surface area contributed by atoms with Gasteiger partial charge >= 0.3 is 0 Å². The minimum Gasteiger partial charge on any atom is -0.629 e. The molecule has 0 aromatic heterocycles. The van der Waals surface area contributed by atoms with Gasteiger partial charge in [-0.05, 0) is 18.2 Å². The van der Waals surface area contributed by atoms with Crippen molar-refractivity contribution in [3.63, 3.8) is 0 Å². The molecule has 0 aliphatic carbocycles. The maximum atomic E-state index is 10.3. The lowest BCUT2D eigenvalue weighted by atomic mass is 10.4. The van der Waals surface area contributed by atoms with Crippen LogP contribution in [0.4, 0.5) is 0 Å². The van der Waals surface area contributed by atoms with Crippen molar-refractivity contribution >= 4 is 0 Å². The molecule has 1 aliphatic rings. The predicted octanol–water partition coefficient (Wildman–Crippen LogP) is -0.744. The highest BCUT2D eigenvalue weighted by Gasteiger charge is 1.87. The summed E-state index contributed by atoms with van der Waals surface area (Å²) < 4.78 is 0. The molecule has 0 aromatic rings. The highest BCUT2D eigenvalue weighted by atomic mass is 16.5. The van der Waals surface area contributed by atoms with E-state index in [1.165, 1.54) is 6.20 Å². The van der Waals surface area contributed by atoms with Crippen molar-refractivity contribution in [3.05, 3.63) is 29.6 Å². The van der Waals surface area contributed by atoms with Gasteiger partial charge in [0.25, 0.3) is 0 Å². The van der Waals surface area contributed by atoms with E-state index in [0.29, 0.717) is 6.54 Å². The van der Waals surface area contributed by atoms with Gasteiger partial charge in [0.05, 0.1) is 6.20 Å². The van der Waals surface area contributed by atoms with Crippen LogP contribution >= 0.6 is 0 Å². The number of hydrogen-bond donors (Lipinski definition) is 1. The maximum absolute atomic E-state index is 10.3. The SMILES string of the molecule is [O-][NH+]1C=C[C]=CC1. The molecule has 2 heteroatoms. The van der Waals surface area contributed by atoms with Crippen LogP contribution in [0, 0.1) is 11.3 Å². The van der Waals surface area contributed by atoms with Crippen LogP contribution < -0.4 is 5.06 Å². The van der Waals surface area contributed by atoms with E-state index in [4.69, 9.17) is 0 Å². The molecule has 1 aliphatic heterocycles. The summed E-state index contributed by atoms with van der Waals surface area (Å²) in [5.41, 5.74) is 0. The molecule has 1 radical (unpaired) electrons. The average Bonchev–Trinajstić information content (AvgIpc) is 1.69. The maximum Gasteiger partial charge on any atom is 0.101 e. The van der Waals surface area contributed by atoms with E-state index in [-0.39, 0.29) is 5.06 Å². The minimum atomic E-state index is 0.166. The van der Waals surface area contributed by atoms with Crippen molar-refractivity contribution in [1.29, 1.82) is 0 Å². The van der Waals surface area contributed by atoms with Gasteiger partial charge in [0.15, 0.2) is 0 Å². The van der Waals surface area contributed by atoms with Crippen molar-refractivity contribution in [2.24, 2.45) is 0 Å². The Hall–Kier alpha value is -0.600. The topological polar surface area (TPSA) is 27.5 Å².